The van der Waals surface area contributed by atoms with Gasteiger partial charge in [-0.05, 0) is 132 Å². The van der Waals surface area contributed by atoms with Gasteiger partial charge in [-0.1, -0.05) is 203 Å². The molecule has 0 heterocycles. The van der Waals surface area contributed by atoms with Crippen LogP contribution in [0.25, 0.3) is 0 Å². The van der Waals surface area contributed by atoms with Crippen LogP contribution in [-0.2, 0) is 0 Å². The molecule has 54 heavy (non-hydrogen) atoms. The van der Waals surface area contributed by atoms with Gasteiger partial charge in [0.25, 0.3) is 0 Å². The van der Waals surface area contributed by atoms with Crippen molar-refractivity contribution in [1.82, 2.24) is 0 Å². The van der Waals surface area contributed by atoms with Gasteiger partial charge < -0.3 is 0 Å². The normalized spacial score (nSPS) is 26.5. The van der Waals surface area contributed by atoms with E-state index < -0.39 is 0 Å². The molecule has 3 rings (SSSR count). The average molecular weight is 741 g/mol. The molecule has 0 aromatic carbocycles. The Morgan fingerprint density at radius 2 is 1.02 bits per heavy atom. The third kappa shape index (κ3) is 18.1. The van der Waals surface area contributed by atoms with Crippen LogP contribution in [0.2, 0.25) is 0 Å². The summed E-state index contributed by atoms with van der Waals surface area (Å²) in [6.07, 6.45) is 72.1. The minimum Gasteiger partial charge on any atom is -0.0882 e. The van der Waals surface area contributed by atoms with Crippen molar-refractivity contribution < 1.29 is 0 Å². The topological polar surface area (TPSA) is 0 Å². The van der Waals surface area contributed by atoms with Crippen LogP contribution in [0.1, 0.15) is 258 Å². The van der Waals surface area contributed by atoms with Gasteiger partial charge >= 0.3 is 0 Å². The SMILES string of the molecule is CCCCCCC=CC1CCCCCC/C(C=CCCCCCCCC)=C(/C2=C/CCCCCCC2)C1(C=CCCCCCCC)/C1=C/CCCCCC1. The van der Waals surface area contributed by atoms with E-state index in [-0.39, 0.29) is 5.41 Å². The lowest BCUT2D eigenvalue weighted by Gasteiger charge is -2.45. The zero-order chi connectivity index (χ0) is 38.2. The molecular formula is C54H92. The van der Waals surface area contributed by atoms with E-state index in [0.29, 0.717) is 5.92 Å². The predicted molar refractivity (Wildman–Crippen MR) is 244 cm³/mol. The van der Waals surface area contributed by atoms with Gasteiger partial charge in [0, 0.05) is 5.41 Å². The molecular weight excluding hydrogens is 649 g/mol. The number of hydrogen-bond donors (Lipinski definition) is 0. The van der Waals surface area contributed by atoms with Crippen LogP contribution >= 0.6 is 0 Å². The molecule has 0 N–H and O–H groups in total. The van der Waals surface area contributed by atoms with Crippen LogP contribution in [0, 0.1) is 11.3 Å². The Bertz CT molecular complexity index is 1100. The molecule has 0 fully saturated rings. The lowest BCUT2D eigenvalue weighted by atomic mass is 9.58. The Labute approximate surface area is 339 Å². The summed E-state index contributed by atoms with van der Waals surface area (Å²) in [6, 6.07) is 0. The summed E-state index contributed by atoms with van der Waals surface area (Å²) in [5.41, 5.74) is 7.07. The van der Waals surface area contributed by atoms with Crippen molar-refractivity contribution in [3.05, 3.63) is 70.9 Å². The predicted octanol–water partition coefficient (Wildman–Crippen LogP) is 18.9. The Balaban J connectivity index is 2.28. The van der Waals surface area contributed by atoms with E-state index in [1.807, 2.05) is 5.57 Å². The Morgan fingerprint density at radius 1 is 0.500 bits per heavy atom. The fourth-order valence-corrected chi connectivity index (χ4v) is 9.95. The molecule has 2 atom stereocenters. The second-order valence-corrected chi connectivity index (χ2v) is 17.9. The molecule has 0 saturated heterocycles. The van der Waals surface area contributed by atoms with Gasteiger partial charge in [-0.25, -0.2) is 0 Å². The second-order valence-electron chi connectivity index (χ2n) is 17.9. The molecule has 0 nitrogen and oxygen atoms in total. The zero-order valence-corrected chi connectivity index (χ0v) is 36.9. The standard InChI is InChI=1S/C54H92/c1-4-7-10-13-16-17-22-31-40-50-43-34-28-29-38-47-52(44-35-25-15-12-9-6-3)54(48-39-30-20-14-11-8-5-2,51-45-36-26-21-27-37-46-51)53(50)49-41-32-23-18-19-24-33-42-49/h31,35,39-41,44-45,48,52H,4-30,32-34,36-38,42-43,46-47H2,1-3H3/b40-31?,44-35?,48-39?,49-41+,51-45+,53-50-. The molecule has 0 radical (unpaired) electrons. The fraction of sp³-hybridized carbons (Fsp3) is 0.778. The van der Waals surface area contributed by atoms with Crippen LogP contribution < -0.4 is 0 Å². The summed E-state index contributed by atoms with van der Waals surface area (Å²) in [4.78, 5) is 0. The van der Waals surface area contributed by atoms with E-state index in [0.717, 1.165) is 0 Å². The molecule has 308 valence electrons. The van der Waals surface area contributed by atoms with Crippen molar-refractivity contribution in [2.24, 2.45) is 11.3 Å². The molecule has 0 aliphatic heterocycles. The number of allylic oxidation sites excluding steroid dienone is 12. The smallest absolute Gasteiger partial charge is 0.0409 e. The average Bonchev–Trinajstić information content (AvgIpc) is 3.30. The summed E-state index contributed by atoms with van der Waals surface area (Å²) < 4.78 is 0. The van der Waals surface area contributed by atoms with E-state index in [1.54, 1.807) is 16.7 Å². The lowest BCUT2D eigenvalue weighted by Crippen LogP contribution is -2.35. The summed E-state index contributed by atoms with van der Waals surface area (Å²) in [6.45, 7) is 7.04. The largest absolute Gasteiger partial charge is 0.0882 e. The highest BCUT2D eigenvalue weighted by atomic mass is 14.5. The van der Waals surface area contributed by atoms with E-state index >= 15 is 0 Å². The van der Waals surface area contributed by atoms with E-state index in [2.05, 4.69) is 69.4 Å². The highest BCUT2D eigenvalue weighted by Crippen LogP contribution is 2.55. The Morgan fingerprint density at radius 3 is 1.72 bits per heavy atom. The van der Waals surface area contributed by atoms with Crippen molar-refractivity contribution in [3.63, 3.8) is 0 Å². The molecule has 0 aromatic rings. The molecule has 0 heteroatoms. The van der Waals surface area contributed by atoms with Crippen LogP contribution in [-0.4, -0.2) is 0 Å². The van der Waals surface area contributed by atoms with E-state index in [1.165, 1.54) is 238 Å². The van der Waals surface area contributed by atoms with Gasteiger partial charge in [-0.15, -0.1) is 0 Å². The summed E-state index contributed by atoms with van der Waals surface area (Å²) in [7, 11) is 0. The third-order valence-corrected chi connectivity index (χ3v) is 13.2. The molecule has 3 aliphatic rings. The van der Waals surface area contributed by atoms with Crippen molar-refractivity contribution >= 4 is 0 Å². The van der Waals surface area contributed by atoms with Crippen LogP contribution in [0.5, 0.6) is 0 Å². The minimum atomic E-state index is -0.0300. The van der Waals surface area contributed by atoms with E-state index in [4.69, 9.17) is 0 Å². The van der Waals surface area contributed by atoms with Crippen LogP contribution in [0.15, 0.2) is 70.9 Å². The maximum Gasteiger partial charge on any atom is 0.0409 e. The molecule has 3 aliphatic carbocycles. The van der Waals surface area contributed by atoms with Gasteiger partial charge in [0.05, 0.1) is 0 Å². The molecule has 0 bridgehead atoms. The van der Waals surface area contributed by atoms with Crippen molar-refractivity contribution in [2.75, 3.05) is 0 Å². The number of rotatable bonds is 23. The highest BCUT2D eigenvalue weighted by molar-refractivity contribution is 5.54. The van der Waals surface area contributed by atoms with E-state index in [9.17, 15) is 0 Å². The molecule has 2 unspecified atom stereocenters. The fourth-order valence-electron chi connectivity index (χ4n) is 9.95. The van der Waals surface area contributed by atoms with Crippen LogP contribution in [0.4, 0.5) is 0 Å². The molecule has 0 amide bonds. The van der Waals surface area contributed by atoms with Crippen molar-refractivity contribution in [1.29, 1.82) is 0 Å². The first-order chi connectivity index (χ1) is 26.8. The second kappa shape index (κ2) is 31.5. The molecule has 0 saturated carbocycles. The Kier molecular flexibility index (Phi) is 27.3. The first kappa shape index (κ1) is 46.8. The van der Waals surface area contributed by atoms with Gasteiger partial charge in [-0.3, -0.25) is 0 Å². The van der Waals surface area contributed by atoms with Gasteiger partial charge in [0.2, 0.25) is 0 Å². The first-order valence-electron chi connectivity index (χ1n) is 24.9. The van der Waals surface area contributed by atoms with Crippen molar-refractivity contribution in [3.8, 4) is 0 Å². The summed E-state index contributed by atoms with van der Waals surface area (Å²) in [5, 5.41) is 0. The molecule has 0 spiro atoms. The van der Waals surface area contributed by atoms with Crippen molar-refractivity contribution in [2.45, 2.75) is 258 Å². The number of hydrogen-bond acceptors (Lipinski definition) is 0. The van der Waals surface area contributed by atoms with Gasteiger partial charge in [-0.2, -0.15) is 0 Å². The van der Waals surface area contributed by atoms with Crippen LogP contribution in [0.3, 0.4) is 0 Å². The monoisotopic (exact) mass is 741 g/mol. The summed E-state index contributed by atoms with van der Waals surface area (Å²) in [5.74, 6) is 0.536. The third-order valence-electron chi connectivity index (χ3n) is 13.2. The van der Waals surface area contributed by atoms with Gasteiger partial charge in [0.1, 0.15) is 0 Å². The number of unbranched alkanes of at least 4 members (excludes halogenated alkanes) is 15. The Hall–Kier alpha value is -1.56. The zero-order valence-electron chi connectivity index (χ0n) is 36.9. The minimum absolute atomic E-state index is 0.0300. The first-order valence-corrected chi connectivity index (χ1v) is 24.9. The maximum absolute atomic E-state index is 2.90. The van der Waals surface area contributed by atoms with Gasteiger partial charge in [0.15, 0.2) is 0 Å². The maximum atomic E-state index is 2.90. The highest BCUT2D eigenvalue weighted by Gasteiger charge is 2.43. The molecule has 0 aromatic heterocycles. The summed E-state index contributed by atoms with van der Waals surface area (Å²) >= 11 is 0. The lowest BCUT2D eigenvalue weighted by molar-refractivity contribution is 0.338. The quantitative estimate of drug-likeness (QED) is 0.0723.